The zero-order valence-corrected chi connectivity index (χ0v) is 7.56. The molecule has 14 heavy (non-hydrogen) atoms. The third-order valence-electron chi connectivity index (χ3n) is 1.77. The molecular weight excluding hydrogens is 195 g/mol. The van der Waals surface area contributed by atoms with Gasteiger partial charge in [0.1, 0.15) is 0 Å². The molecule has 0 saturated carbocycles. The summed E-state index contributed by atoms with van der Waals surface area (Å²) in [6.07, 6.45) is -4.34. The highest BCUT2D eigenvalue weighted by atomic mass is 19.4. The van der Waals surface area contributed by atoms with Crippen LogP contribution in [0, 0.1) is 0 Å². The second-order valence-corrected chi connectivity index (χ2v) is 2.84. The number of ether oxygens (including phenoxy) is 1. The molecule has 0 aromatic heterocycles. The summed E-state index contributed by atoms with van der Waals surface area (Å²) in [6, 6.07) is 3.19. The minimum Gasteiger partial charge on any atom is -0.398 e. The molecule has 0 amide bonds. The summed E-state index contributed by atoms with van der Waals surface area (Å²) < 4.78 is 41.5. The predicted molar refractivity (Wildman–Crippen MR) is 46.6 cm³/mol. The summed E-state index contributed by atoms with van der Waals surface area (Å²) in [5.41, 5.74) is 5.42. The van der Waals surface area contributed by atoms with Crippen molar-refractivity contribution in [2.75, 3.05) is 12.8 Å². The number of hydrogen-bond donors (Lipinski definition) is 1. The maximum Gasteiger partial charge on any atom is 0.416 e. The van der Waals surface area contributed by atoms with E-state index in [2.05, 4.69) is 0 Å². The average molecular weight is 205 g/mol. The first-order valence-electron chi connectivity index (χ1n) is 3.89. The van der Waals surface area contributed by atoms with E-state index in [1.807, 2.05) is 0 Å². The Kier molecular flexibility index (Phi) is 3.00. The van der Waals surface area contributed by atoms with Crippen LogP contribution in [0.5, 0.6) is 0 Å². The molecule has 0 radical (unpaired) electrons. The standard InChI is InChI=1S/C9H10F3NO/c1-14-5-6-4-7(9(10,11)12)2-3-8(6)13/h2-4H,5,13H2,1H3. The van der Waals surface area contributed by atoms with Gasteiger partial charge in [0.25, 0.3) is 0 Å². The number of anilines is 1. The van der Waals surface area contributed by atoms with Gasteiger partial charge in [-0.3, -0.25) is 0 Å². The number of halogens is 3. The van der Waals surface area contributed by atoms with Gasteiger partial charge in [-0.25, -0.2) is 0 Å². The van der Waals surface area contributed by atoms with Gasteiger partial charge in [0, 0.05) is 18.4 Å². The van der Waals surface area contributed by atoms with Gasteiger partial charge >= 0.3 is 6.18 Å². The van der Waals surface area contributed by atoms with E-state index in [-0.39, 0.29) is 6.61 Å². The lowest BCUT2D eigenvalue weighted by Crippen LogP contribution is -2.07. The van der Waals surface area contributed by atoms with Crippen molar-refractivity contribution in [3.8, 4) is 0 Å². The number of rotatable bonds is 2. The second-order valence-electron chi connectivity index (χ2n) is 2.84. The van der Waals surface area contributed by atoms with Crippen LogP contribution in [0.15, 0.2) is 18.2 Å². The van der Waals surface area contributed by atoms with E-state index in [4.69, 9.17) is 10.5 Å². The summed E-state index contributed by atoms with van der Waals surface area (Å²) >= 11 is 0. The minimum atomic E-state index is -4.34. The van der Waals surface area contributed by atoms with Crippen molar-refractivity contribution in [3.63, 3.8) is 0 Å². The maximum absolute atomic E-state index is 12.3. The Morgan fingerprint density at radius 3 is 2.50 bits per heavy atom. The van der Waals surface area contributed by atoms with Gasteiger partial charge in [-0.1, -0.05) is 0 Å². The Balaban J connectivity index is 3.06. The smallest absolute Gasteiger partial charge is 0.398 e. The lowest BCUT2D eigenvalue weighted by Gasteiger charge is -2.10. The number of methoxy groups -OCH3 is 1. The molecule has 0 bridgehead atoms. The normalized spacial score (nSPS) is 11.7. The van der Waals surface area contributed by atoms with Crippen molar-refractivity contribution in [1.82, 2.24) is 0 Å². The fourth-order valence-corrected chi connectivity index (χ4v) is 1.06. The molecule has 0 unspecified atom stereocenters. The largest absolute Gasteiger partial charge is 0.416 e. The molecule has 0 saturated heterocycles. The molecule has 0 heterocycles. The Labute approximate surface area is 79.5 Å². The molecule has 78 valence electrons. The number of hydrogen-bond acceptors (Lipinski definition) is 2. The van der Waals surface area contributed by atoms with Crippen molar-refractivity contribution in [2.45, 2.75) is 12.8 Å². The van der Waals surface area contributed by atoms with Crippen LogP contribution in [0.25, 0.3) is 0 Å². The van der Waals surface area contributed by atoms with Crippen LogP contribution in [0.3, 0.4) is 0 Å². The van der Waals surface area contributed by atoms with Crippen molar-refractivity contribution in [1.29, 1.82) is 0 Å². The van der Waals surface area contributed by atoms with E-state index >= 15 is 0 Å². The summed E-state index contributed by atoms with van der Waals surface area (Å²) in [7, 11) is 1.40. The fourth-order valence-electron chi connectivity index (χ4n) is 1.06. The maximum atomic E-state index is 12.3. The molecular formula is C9H10F3NO. The van der Waals surface area contributed by atoms with E-state index in [0.29, 0.717) is 11.3 Å². The molecule has 1 aromatic rings. The van der Waals surface area contributed by atoms with Crippen LogP contribution in [-0.4, -0.2) is 7.11 Å². The third-order valence-corrected chi connectivity index (χ3v) is 1.77. The van der Waals surface area contributed by atoms with Gasteiger partial charge in [-0.05, 0) is 18.2 Å². The molecule has 0 aliphatic heterocycles. The van der Waals surface area contributed by atoms with Gasteiger partial charge in [0.05, 0.1) is 12.2 Å². The zero-order chi connectivity index (χ0) is 10.8. The predicted octanol–water partition coefficient (Wildman–Crippen LogP) is 2.43. The Morgan fingerprint density at radius 2 is 2.00 bits per heavy atom. The lowest BCUT2D eigenvalue weighted by atomic mass is 10.1. The third kappa shape index (κ3) is 2.38. The number of benzene rings is 1. The lowest BCUT2D eigenvalue weighted by molar-refractivity contribution is -0.137. The van der Waals surface area contributed by atoms with Crippen LogP contribution >= 0.6 is 0 Å². The Bertz CT molecular complexity index is 322. The molecule has 2 nitrogen and oxygen atoms in total. The van der Waals surface area contributed by atoms with Crippen LogP contribution < -0.4 is 5.73 Å². The second kappa shape index (κ2) is 3.88. The highest BCUT2D eigenvalue weighted by Crippen LogP contribution is 2.31. The monoisotopic (exact) mass is 205 g/mol. The molecule has 0 aliphatic rings. The van der Waals surface area contributed by atoms with E-state index < -0.39 is 11.7 Å². The molecule has 0 spiro atoms. The quantitative estimate of drug-likeness (QED) is 0.752. The van der Waals surface area contributed by atoms with Gasteiger partial charge in [0.2, 0.25) is 0 Å². The minimum absolute atomic E-state index is 0.0791. The van der Waals surface area contributed by atoms with Gasteiger partial charge < -0.3 is 10.5 Å². The Morgan fingerprint density at radius 1 is 1.36 bits per heavy atom. The van der Waals surface area contributed by atoms with E-state index in [0.717, 1.165) is 12.1 Å². The van der Waals surface area contributed by atoms with E-state index in [1.165, 1.54) is 13.2 Å². The first-order valence-corrected chi connectivity index (χ1v) is 3.89. The highest BCUT2D eigenvalue weighted by Gasteiger charge is 2.30. The van der Waals surface area contributed by atoms with Gasteiger partial charge in [-0.15, -0.1) is 0 Å². The van der Waals surface area contributed by atoms with Crippen molar-refractivity contribution < 1.29 is 17.9 Å². The zero-order valence-electron chi connectivity index (χ0n) is 7.56. The number of nitrogen functional groups attached to an aromatic ring is 1. The average Bonchev–Trinajstić information content (AvgIpc) is 2.07. The van der Waals surface area contributed by atoms with Crippen molar-refractivity contribution in [2.24, 2.45) is 0 Å². The summed E-state index contributed by atoms with van der Waals surface area (Å²) in [6.45, 7) is 0.0791. The van der Waals surface area contributed by atoms with Crippen LogP contribution in [-0.2, 0) is 17.5 Å². The first-order chi connectivity index (χ1) is 6.45. The van der Waals surface area contributed by atoms with Crippen molar-refractivity contribution >= 4 is 5.69 Å². The fraction of sp³-hybridized carbons (Fsp3) is 0.333. The molecule has 0 atom stereocenters. The van der Waals surface area contributed by atoms with Crippen LogP contribution in [0.4, 0.5) is 18.9 Å². The Hall–Kier alpha value is -1.23. The summed E-state index contributed by atoms with van der Waals surface area (Å²) in [5.74, 6) is 0. The molecule has 1 rings (SSSR count). The van der Waals surface area contributed by atoms with E-state index in [1.54, 1.807) is 0 Å². The van der Waals surface area contributed by atoms with Gasteiger partial charge in [-0.2, -0.15) is 13.2 Å². The molecule has 0 fully saturated rings. The molecule has 5 heteroatoms. The van der Waals surface area contributed by atoms with Crippen molar-refractivity contribution in [3.05, 3.63) is 29.3 Å². The number of alkyl halides is 3. The van der Waals surface area contributed by atoms with E-state index in [9.17, 15) is 13.2 Å². The van der Waals surface area contributed by atoms with Crippen LogP contribution in [0.1, 0.15) is 11.1 Å². The topological polar surface area (TPSA) is 35.2 Å². The molecule has 0 aliphatic carbocycles. The molecule has 2 N–H and O–H groups in total. The van der Waals surface area contributed by atoms with Gasteiger partial charge in [0.15, 0.2) is 0 Å². The molecule has 1 aromatic carbocycles. The number of nitrogens with two attached hydrogens (primary N) is 1. The first kappa shape index (κ1) is 10.8. The van der Waals surface area contributed by atoms with Crippen LogP contribution in [0.2, 0.25) is 0 Å². The summed E-state index contributed by atoms with van der Waals surface area (Å²) in [5, 5.41) is 0. The highest BCUT2D eigenvalue weighted by molar-refractivity contribution is 5.48. The SMILES string of the molecule is COCc1cc(C(F)(F)F)ccc1N. The summed E-state index contributed by atoms with van der Waals surface area (Å²) in [4.78, 5) is 0.